The number of benzene rings is 8. The predicted octanol–water partition coefficient (Wildman–Crippen LogP) is 12.0. The lowest BCUT2D eigenvalue weighted by atomic mass is 9.84. The molecule has 0 fully saturated rings. The molecule has 0 atom stereocenters. The Kier molecular flexibility index (Phi) is 4.78. The molecule has 0 saturated heterocycles. The van der Waals surface area contributed by atoms with Crippen molar-refractivity contribution >= 4 is 43.4 Å². The quantitative estimate of drug-likeness (QED) is 0.178. The molecule has 2 heteroatoms. The van der Waals surface area contributed by atoms with Crippen molar-refractivity contribution in [3.05, 3.63) is 169 Å². The third-order valence-electron chi connectivity index (χ3n) is 8.97. The highest BCUT2D eigenvalue weighted by Crippen LogP contribution is 2.45. The van der Waals surface area contributed by atoms with Crippen molar-refractivity contribution in [2.45, 2.75) is 13.3 Å². The van der Waals surface area contributed by atoms with Crippen molar-refractivity contribution in [1.82, 2.24) is 9.55 Å². The lowest BCUT2D eigenvalue weighted by Crippen LogP contribution is -2.00. The van der Waals surface area contributed by atoms with Crippen LogP contribution in [-0.2, 0) is 6.42 Å². The van der Waals surface area contributed by atoms with Crippen molar-refractivity contribution < 1.29 is 11.0 Å². The number of aromatic nitrogens is 2. The number of fused-ring (bicyclic) bond motifs is 4. The first-order chi connectivity index (χ1) is 26.6. The second-order valence-corrected chi connectivity index (χ2v) is 11.6. The molecule has 0 amide bonds. The number of nitrogens with zero attached hydrogens (tertiary/aromatic N) is 2. The monoisotopic (exact) mass is 608 g/mol. The standard InChI is InChI=1S/C45H32N2/c1-2-43-46-41-26-9-10-27-42(41)47(43)34-19-12-17-32(29-34)31-16-11-18-33(28-31)44-37-21-5-7-23-39(37)45(40-24-8-6-22-38(40)44)36-25-13-15-30-14-3-4-20-35(30)36/h3-29H,2H2,1H3/i5D,6D,7D,8D,21D,22D,23D,24D. The highest BCUT2D eigenvalue weighted by Gasteiger charge is 2.18. The van der Waals surface area contributed by atoms with Crippen LogP contribution in [0.4, 0.5) is 0 Å². The summed E-state index contributed by atoms with van der Waals surface area (Å²) < 4.78 is 74.8. The van der Waals surface area contributed by atoms with E-state index in [0.29, 0.717) is 22.3 Å². The fourth-order valence-corrected chi connectivity index (χ4v) is 6.91. The Morgan fingerprint density at radius 3 is 1.91 bits per heavy atom. The molecule has 0 spiro atoms. The van der Waals surface area contributed by atoms with Crippen LogP contribution in [0.2, 0.25) is 0 Å². The van der Waals surface area contributed by atoms with Gasteiger partial charge in [0.15, 0.2) is 0 Å². The maximum absolute atomic E-state index is 9.37. The first kappa shape index (κ1) is 20.2. The molecule has 1 heterocycles. The summed E-state index contributed by atoms with van der Waals surface area (Å²) in [4.78, 5) is 4.86. The third-order valence-corrected chi connectivity index (χ3v) is 8.97. The summed E-state index contributed by atoms with van der Waals surface area (Å²) in [5.74, 6) is 0.930. The smallest absolute Gasteiger partial charge is 0.114 e. The summed E-state index contributed by atoms with van der Waals surface area (Å²) in [5, 5.41) is 2.45. The molecule has 1 aromatic heterocycles. The maximum Gasteiger partial charge on any atom is 0.114 e. The van der Waals surface area contributed by atoms with Crippen LogP contribution in [0.5, 0.6) is 0 Å². The Hall–Kier alpha value is -5.99. The van der Waals surface area contributed by atoms with Gasteiger partial charge in [-0.25, -0.2) is 4.98 Å². The average Bonchev–Trinajstić information content (AvgIpc) is 3.61. The van der Waals surface area contributed by atoms with E-state index in [1.165, 1.54) is 0 Å². The molecule has 222 valence electrons. The van der Waals surface area contributed by atoms with E-state index in [9.17, 15) is 5.48 Å². The SMILES string of the molecule is [2H]c1c([2H])c([2H])c2c(-c3cccc4ccccc34)c3c([2H])c([2H])c([2H])c([2H])c3c(-c3cccc(-c4cccc(-n5c(CC)nc6ccccc65)c4)c3)c2c1[2H]. The minimum absolute atomic E-state index is 0.190. The molecule has 0 aliphatic carbocycles. The summed E-state index contributed by atoms with van der Waals surface area (Å²) in [6, 6.07) is 34.2. The van der Waals surface area contributed by atoms with Crippen molar-refractivity contribution in [2.75, 3.05) is 0 Å². The van der Waals surface area contributed by atoms with Crippen molar-refractivity contribution in [3.8, 4) is 39.1 Å². The Morgan fingerprint density at radius 2 is 1.15 bits per heavy atom. The zero-order valence-electron chi connectivity index (χ0n) is 33.6. The van der Waals surface area contributed by atoms with E-state index >= 15 is 0 Å². The van der Waals surface area contributed by atoms with Crippen LogP contribution in [-0.4, -0.2) is 9.55 Å². The molecule has 9 rings (SSSR count). The van der Waals surface area contributed by atoms with E-state index in [4.69, 9.17) is 10.5 Å². The van der Waals surface area contributed by atoms with Crippen LogP contribution in [0.25, 0.3) is 82.4 Å². The van der Waals surface area contributed by atoms with Crippen molar-refractivity contribution in [2.24, 2.45) is 0 Å². The highest BCUT2D eigenvalue weighted by atomic mass is 15.1. The fraction of sp³-hybridized carbons (Fsp3) is 0.0444. The molecule has 0 saturated carbocycles. The summed E-state index contributed by atoms with van der Waals surface area (Å²) in [6.45, 7) is 2.08. The fourth-order valence-electron chi connectivity index (χ4n) is 6.91. The number of hydrogen-bond acceptors (Lipinski definition) is 1. The minimum atomic E-state index is -0.425. The van der Waals surface area contributed by atoms with Gasteiger partial charge >= 0.3 is 0 Å². The second kappa shape index (κ2) is 11.1. The van der Waals surface area contributed by atoms with Crippen LogP contribution < -0.4 is 0 Å². The van der Waals surface area contributed by atoms with Crippen molar-refractivity contribution in [3.63, 3.8) is 0 Å². The van der Waals surface area contributed by atoms with E-state index < -0.39 is 24.2 Å². The lowest BCUT2D eigenvalue weighted by molar-refractivity contribution is 0.908. The number of imidazole rings is 1. The first-order valence-electron chi connectivity index (χ1n) is 19.7. The van der Waals surface area contributed by atoms with Crippen molar-refractivity contribution in [1.29, 1.82) is 0 Å². The lowest BCUT2D eigenvalue weighted by Gasteiger charge is -2.19. The molecular formula is C45H32N2. The van der Waals surface area contributed by atoms with E-state index in [1.807, 2.05) is 103 Å². The molecule has 0 aliphatic rings. The van der Waals surface area contributed by atoms with Gasteiger partial charge in [-0.15, -0.1) is 0 Å². The van der Waals surface area contributed by atoms with Crippen LogP contribution in [0.1, 0.15) is 23.7 Å². The van der Waals surface area contributed by atoms with Gasteiger partial charge in [-0.1, -0.05) is 140 Å². The second-order valence-electron chi connectivity index (χ2n) is 11.6. The van der Waals surface area contributed by atoms with Crippen LogP contribution in [0.3, 0.4) is 0 Å². The number of para-hydroxylation sites is 2. The van der Waals surface area contributed by atoms with E-state index in [1.54, 1.807) is 0 Å². The molecule has 2 nitrogen and oxygen atoms in total. The molecular weight excluding hydrogens is 569 g/mol. The number of hydrogen-bond donors (Lipinski definition) is 0. The largest absolute Gasteiger partial charge is 0.296 e. The van der Waals surface area contributed by atoms with E-state index in [0.717, 1.165) is 50.9 Å². The van der Waals surface area contributed by atoms with Gasteiger partial charge in [0.25, 0.3) is 0 Å². The van der Waals surface area contributed by atoms with E-state index in [2.05, 4.69) is 23.6 Å². The third kappa shape index (κ3) is 4.45. The Bertz CT molecular complexity index is 2990. The van der Waals surface area contributed by atoms with Gasteiger partial charge in [-0.2, -0.15) is 0 Å². The molecule has 9 aromatic rings. The highest BCUT2D eigenvalue weighted by molar-refractivity contribution is 6.23. The van der Waals surface area contributed by atoms with E-state index in [-0.39, 0.29) is 45.7 Å². The number of rotatable bonds is 5. The summed E-state index contributed by atoms with van der Waals surface area (Å²) in [7, 11) is 0. The molecule has 0 aliphatic heterocycles. The first-order valence-corrected chi connectivity index (χ1v) is 15.7. The van der Waals surface area contributed by atoms with Crippen LogP contribution >= 0.6 is 0 Å². The minimum Gasteiger partial charge on any atom is -0.296 e. The molecule has 0 N–H and O–H groups in total. The van der Waals surface area contributed by atoms with Gasteiger partial charge in [-0.3, -0.25) is 4.57 Å². The topological polar surface area (TPSA) is 17.8 Å². The predicted molar refractivity (Wildman–Crippen MR) is 199 cm³/mol. The Balaban J connectivity index is 1.39. The maximum atomic E-state index is 9.37. The van der Waals surface area contributed by atoms with Gasteiger partial charge in [0.2, 0.25) is 0 Å². The van der Waals surface area contributed by atoms with Gasteiger partial charge in [-0.05, 0) is 96.0 Å². The van der Waals surface area contributed by atoms with Gasteiger partial charge in [0.1, 0.15) is 5.82 Å². The molecule has 0 unspecified atom stereocenters. The molecule has 47 heavy (non-hydrogen) atoms. The Labute approximate surface area is 285 Å². The van der Waals surface area contributed by atoms with Crippen LogP contribution in [0.15, 0.2) is 164 Å². The van der Waals surface area contributed by atoms with Gasteiger partial charge in [0, 0.05) is 12.1 Å². The average molecular weight is 609 g/mol. The molecule has 8 aromatic carbocycles. The van der Waals surface area contributed by atoms with Crippen LogP contribution in [0, 0.1) is 0 Å². The van der Waals surface area contributed by atoms with Gasteiger partial charge in [0.05, 0.1) is 22.0 Å². The molecule has 0 radical (unpaired) electrons. The molecule has 0 bridgehead atoms. The zero-order valence-corrected chi connectivity index (χ0v) is 25.6. The number of aryl methyl sites for hydroxylation is 1. The summed E-state index contributed by atoms with van der Waals surface area (Å²) >= 11 is 0. The summed E-state index contributed by atoms with van der Waals surface area (Å²) in [6.07, 6.45) is 0.736. The Morgan fingerprint density at radius 1 is 0.553 bits per heavy atom. The summed E-state index contributed by atoms with van der Waals surface area (Å²) in [5.41, 5.74) is 6.38. The normalized spacial score (nSPS) is 14.0. The zero-order chi connectivity index (χ0) is 38.3. The van der Waals surface area contributed by atoms with Gasteiger partial charge < -0.3 is 0 Å².